The molecule has 1 unspecified atom stereocenters. The Morgan fingerprint density at radius 3 is 2.24 bits per heavy atom. The van der Waals surface area contributed by atoms with E-state index in [2.05, 4.69) is 5.32 Å². The highest BCUT2D eigenvalue weighted by atomic mass is 19.2. The minimum Gasteiger partial charge on any atom is -0.479 e. The third-order valence-electron chi connectivity index (χ3n) is 2.84. The van der Waals surface area contributed by atoms with E-state index in [-0.39, 0.29) is 11.1 Å². The first kappa shape index (κ1) is 14.6. The van der Waals surface area contributed by atoms with Crippen molar-refractivity contribution < 1.29 is 23.5 Å². The van der Waals surface area contributed by atoms with E-state index in [1.165, 1.54) is 12.1 Å². The lowest BCUT2D eigenvalue weighted by atomic mass is 10.1. The zero-order valence-electron chi connectivity index (χ0n) is 10.7. The molecule has 21 heavy (non-hydrogen) atoms. The SMILES string of the molecule is O=C(NC(C(=O)O)c1ccc(F)c(F)c1)c1ccccc1. The van der Waals surface area contributed by atoms with Crippen molar-refractivity contribution in [2.75, 3.05) is 0 Å². The highest BCUT2D eigenvalue weighted by Crippen LogP contribution is 2.17. The van der Waals surface area contributed by atoms with Gasteiger partial charge in [0, 0.05) is 5.56 Å². The van der Waals surface area contributed by atoms with Gasteiger partial charge in [-0.05, 0) is 29.8 Å². The van der Waals surface area contributed by atoms with Gasteiger partial charge in [-0.3, -0.25) is 4.79 Å². The molecule has 0 aliphatic rings. The number of carbonyl (C=O) groups is 2. The molecule has 0 heterocycles. The molecule has 0 fully saturated rings. The van der Waals surface area contributed by atoms with Gasteiger partial charge in [0.15, 0.2) is 17.7 Å². The molecule has 2 N–H and O–H groups in total. The normalized spacial score (nSPS) is 11.7. The average molecular weight is 291 g/mol. The number of benzene rings is 2. The standard InChI is InChI=1S/C15H11F2NO3/c16-11-7-6-10(8-12(11)17)13(15(20)21)18-14(19)9-4-2-1-3-5-9/h1-8,13H,(H,18,19)(H,20,21). The van der Waals surface area contributed by atoms with Gasteiger partial charge in [0.1, 0.15) is 0 Å². The summed E-state index contributed by atoms with van der Waals surface area (Å²) in [6, 6.07) is 9.20. The van der Waals surface area contributed by atoms with Gasteiger partial charge in [-0.15, -0.1) is 0 Å². The molecule has 108 valence electrons. The van der Waals surface area contributed by atoms with Gasteiger partial charge in [0.05, 0.1) is 0 Å². The minimum atomic E-state index is -1.46. The van der Waals surface area contributed by atoms with Gasteiger partial charge in [-0.2, -0.15) is 0 Å². The monoisotopic (exact) mass is 291 g/mol. The molecular weight excluding hydrogens is 280 g/mol. The predicted molar refractivity (Wildman–Crippen MR) is 70.6 cm³/mol. The summed E-state index contributed by atoms with van der Waals surface area (Å²) in [6.07, 6.45) is 0. The summed E-state index contributed by atoms with van der Waals surface area (Å²) in [4.78, 5) is 23.2. The minimum absolute atomic E-state index is 0.0503. The molecule has 6 heteroatoms. The third-order valence-corrected chi connectivity index (χ3v) is 2.84. The number of hydrogen-bond acceptors (Lipinski definition) is 2. The van der Waals surface area contributed by atoms with Gasteiger partial charge < -0.3 is 10.4 Å². The van der Waals surface area contributed by atoms with Crippen molar-refractivity contribution in [1.29, 1.82) is 0 Å². The Kier molecular flexibility index (Phi) is 4.27. The van der Waals surface area contributed by atoms with Crippen LogP contribution < -0.4 is 5.32 Å². The zero-order chi connectivity index (χ0) is 15.4. The predicted octanol–water partition coefficient (Wildman–Crippen LogP) is 2.52. The van der Waals surface area contributed by atoms with Crippen molar-refractivity contribution >= 4 is 11.9 Å². The van der Waals surface area contributed by atoms with Crippen LogP contribution in [0.4, 0.5) is 8.78 Å². The van der Waals surface area contributed by atoms with Crippen LogP contribution in [0.25, 0.3) is 0 Å². The average Bonchev–Trinajstić information content (AvgIpc) is 2.48. The summed E-state index contributed by atoms with van der Waals surface area (Å²) < 4.78 is 26.1. The summed E-state index contributed by atoms with van der Waals surface area (Å²) in [7, 11) is 0. The van der Waals surface area contributed by atoms with Crippen LogP contribution >= 0.6 is 0 Å². The van der Waals surface area contributed by atoms with Gasteiger partial charge in [0.2, 0.25) is 0 Å². The number of hydrogen-bond donors (Lipinski definition) is 2. The van der Waals surface area contributed by atoms with E-state index < -0.39 is 29.6 Å². The van der Waals surface area contributed by atoms with E-state index in [9.17, 15) is 18.4 Å². The maximum Gasteiger partial charge on any atom is 0.330 e. The first-order valence-electron chi connectivity index (χ1n) is 6.02. The molecule has 1 amide bonds. The largest absolute Gasteiger partial charge is 0.479 e. The van der Waals surface area contributed by atoms with Crippen LogP contribution in [0.1, 0.15) is 22.0 Å². The highest BCUT2D eigenvalue weighted by molar-refractivity contribution is 5.96. The van der Waals surface area contributed by atoms with Crippen LogP contribution in [0, 0.1) is 11.6 Å². The lowest BCUT2D eigenvalue weighted by Crippen LogP contribution is -2.33. The first-order chi connectivity index (χ1) is 9.99. The molecule has 0 spiro atoms. The molecule has 4 nitrogen and oxygen atoms in total. The topological polar surface area (TPSA) is 66.4 Å². The van der Waals surface area contributed by atoms with Gasteiger partial charge in [0.25, 0.3) is 5.91 Å². The molecule has 0 saturated heterocycles. The number of carboxylic acid groups (broad SMARTS) is 1. The number of carboxylic acids is 1. The fourth-order valence-electron chi connectivity index (χ4n) is 1.78. The van der Waals surface area contributed by atoms with Crippen molar-refractivity contribution in [3.05, 3.63) is 71.3 Å². The molecule has 0 aliphatic carbocycles. The van der Waals surface area contributed by atoms with Crippen molar-refractivity contribution in [2.45, 2.75) is 6.04 Å². The van der Waals surface area contributed by atoms with E-state index in [0.29, 0.717) is 0 Å². The maximum atomic E-state index is 13.2. The second-order valence-corrected chi connectivity index (χ2v) is 4.28. The Bertz CT molecular complexity index is 674. The Labute approximate surface area is 119 Å². The fourth-order valence-corrected chi connectivity index (χ4v) is 1.78. The first-order valence-corrected chi connectivity index (χ1v) is 6.02. The van der Waals surface area contributed by atoms with Crippen LogP contribution in [-0.2, 0) is 4.79 Å². The third kappa shape index (κ3) is 3.42. The van der Waals surface area contributed by atoms with E-state index in [1.54, 1.807) is 18.2 Å². The molecule has 0 bridgehead atoms. The van der Waals surface area contributed by atoms with Gasteiger partial charge >= 0.3 is 5.97 Å². The number of nitrogens with one attached hydrogen (secondary N) is 1. The number of halogens is 2. The second kappa shape index (κ2) is 6.13. The summed E-state index contributed by atoms with van der Waals surface area (Å²) in [5.74, 6) is -4.25. The number of rotatable bonds is 4. The van der Waals surface area contributed by atoms with E-state index in [4.69, 9.17) is 5.11 Å². The van der Waals surface area contributed by atoms with E-state index >= 15 is 0 Å². The van der Waals surface area contributed by atoms with Crippen LogP contribution in [0.5, 0.6) is 0 Å². The molecule has 2 aromatic rings. The Morgan fingerprint density at radius 2 is 1.67 bits per heavy atom. The summed E-state index contributed by atoms with van der Waals surface area (Å²) in [5.41, 5.74) is 0.219. The molecule has 0 aromatic heterocycles. The molecule has 1 atom stereocenters. The van der Waals surface area contributed by atoms with Crippen molar-refractivity contribution in [3.63, 3.8) is 0 Å². The van der Waals surface area contributed by atoms with Crippen molar-refractivity contribution in [3.8, 4) is 0 Å². The van der Waals surface area contributed by atoms with Crippen molar-refractivity contribution in [1.82, 2.24) is 5.32 Å². The number of aliphatic carboxylic acids is 1. The van der Waals surface area contributed by atoms with Gasteiger partial charge in [-0.25, -0.2) is 13.6 Å². The molecular formula is C15H11F2NO3. The molecule has 0 radical (unpaired) electrons. The fraction of sp³-hybridized carbons (Fsp3) is 0.0667. The molecule has 0 aliphatic heterocycles. The maximum absolute atomic E-state index is 13.2. The van der Waals surface area contributed by atoms with Crippen LogP contribution in [-0.4, -0.2) is 17.0 Å². The lowest BCUT2D eigenvalue weighted by Gasteiger charge is -2.15. The van der Waals surface area contributed by atoms with Crippen LogP contribution in [0.15, 0.2) is 48.5 Å². The lowest BCUT2D eigenvalue weighted by molar-refractivity contribution is -0.139. The van der Waals surface area contributed by atoms with E-state index in [0.717, 1.165) is 18.2 Å². The van der Waals surface area contributed by atoms with Crippen molar-refractivity contribution in [2.24, 2.45) is 0 Å². The zero-order valence-corrected chi connectivity index (χ0v) is 10.7. The molecule has 2 rings (SSSR count). The number of carbonyl (C=O) groups excluding carboxylic acids is 1. The summed E-state index contributed by atoms with van der Waals surface area (Å²) in [5, 5.41) is 11.4. The summed E-state index contributed by atoms with van der Waals surface area (Å²) in [6.45, 7) is 0. The summed E-state index contributed by atoms with van der Waals surface area (Å²) >= 11 is 0. The highest BCUT2D eigenvalue weighted by Gasteiger charge is 2.23. The van der Waals surface area contributed by atoms with Crippen LogP contribution in [0.2, 0.25) is 0 Å². The Morgan fingerprint density at radius 1 is 1.00 bits per heavy atom. The number of amides is 1. The smallest absolute Gasteiger partial charge is 0.330 e. The quantitative estimate of drug-likeness (QED) is 0.909. The Hall–Kier alpha value is -2.76. The van der Waals surface area contributed by atoms with Crippen LogP contribution in [0.3, 0.4) is 0 Å². The Balaban J connectivity index is 2.26. The second-order valence-electron chi connectivity index (χ2n) is 4.28. The molecule has 0 saturated carbocycles. The van der Waals surface area contributed by atoms with Gasteiger partial charge in [-0.1, -0.05) is 24.3 Å². The molecule has 2 aromatic carbocycles. The van der Waals surface area contributed by atoms with E-state index in [1.807, 2.05) is 0 Å².